The van der Waals surface area contributed by atoms with E-state index in [-0.39, 0.29) is 23.8 Å². The molecule has 0 radical (unpaired) electrons. The third-order valence-electron chi connectivity index (χ3n) is 5.36. The van der Waals surface area contributed by atoms with Crippen LogP contribution in [0.2, 0.25) is 0 Å². The number of carbonyl (C=O) groups excluding carboxylic acids is 1. The van der Waals surface area contributed by atoms with Gasteiger partial charge in [0, 0.05) is 24.6 Å². The van der Waals surface area contributed by atoms with E-state index in [1.165, 1.54) is 31.7 Å². The van der Waals surface area contributed by atoms with Crippen molar-refractivity contribution in [2.24, 2.45) is 5.92 Å². The number of hydrogen-bond acceptors (Lipinski definition) is 6. The van der Waals surface area contributed by atoms with E-state index in [1.54, 1.807) is 4.72 Å². The molecule has 1 amide bonds. The van der Waals surface area contributed by atoms with Crippen molar-refractivity contribution in [3.8, 4) is 11.5 Å². The van der Waals surface area contributed by atoms with Gasteiger partial charge in [-0.1, -0.05) is 12.8 Å². The van der Waals surface area contributed by atoms with E-state index >= 15 is 0 Å². The Labute approximate surface area is 156 Å². The van der Waals surface area contributed by atoms with Crippen LogP contribution in [0.15, 0.2) is 6.07 Å². The molecule has 0 unspecified atom stereocenters. The summed E-state index contributed by atoms with van der Waals surface area (Å²) in [6.07, 6.45) is 4.95. The minimum absolute atomic E-state index is 0.206. The number of halogens is 1. The van der Waals surface area contributed by atoms with E-state index in [1.807, 2.05) is 0 Å². The van der Waals surface area contributed by atoms with E-state index < -0.39 is 39.9 Å². The van der Waals surface area contributed by atoms with E-state index in [4.69, 9.17) is 4.74 Å². The highest BCUT2D eigenvalue weighted by Crippen LogP contribution is 2.43. The van der Waals surface area contributed by atoms with Crippen molar-refractivity contribution >= 4 is 21.8 Å². The normalized spacial score (nSPS) is 24.1. The molecule has 2 fully saturated rings. The Morgan fingerprint density at radius 3 is 2.74 bits per heavy atom. The van der Waals surface area contributed by atoms with Gasteiger partial charge < -0.3 is 15.2 Å². The van der Waals surface area contributed by atoms with Gasteiger partial charge in [-0.2, -0.15) is 8.42 Å². The Morgan fingerprint density at radius 2 is 2.07 bits per heavy atom. The first-order chi connectivity index (χ1) is 12.8. The maximum absolute atomic E-state index is 15.0. The molecule has 10 heteroatoms. The molecule has 3 N–H and O–H groups in total. The fourth-order valence-corrected chi connectivity index (χ4v) is 5.21. The molecule has 1 aromatic rings. The molecule has 27 heavy (non-hydrogen) atoms. The smallest absolute Gasteiger partial charge is 0.326 e. The Bertz CT molecular complexity index is 870. The monoisotopic (exact) mass is 399 g/mol. The maximum Gasteiger partial charge on any atom is 0.326 e. The zero-order valence-electron chi connectivity index (χ0n) is 14.7. The lowest BCUT2D eigenvalue weighted by atomic mass is 10.1. The molecule has 8 nitrogen and oxygen atoms in total. The number of ether oxygens (including phenoxy) is 1. The number of hydrogen-bond donors (Lipinski definition) is 3. The predicted molar refractivity (Wildman–Crippen MR) is 95.4 cm³/mol. The molecule has 1 aliphatic carbocycles. The highest BCUT2D eigenvalue weighted by atomic mass is 32.2. The van der Waals surface area contributed by atoms with Gasteiger partial charge >= 0.3 is 10.2 Å². The summed E-state index contributed by atoms with van der Waals surface area (Å²) in [6.45, 7) is 0.872. The van der Waals surface area contributed by atoms with Crippen LogP contribution in [0.3, 0.4) is 0 Å². The summed E-state index contributed by atoms with van der Waals surface area (Å²) >= 11 is 0. The van der Waals surface area contributed by atoms with Crippen LogP contribution in [0.4, 0.5) is 10.1 Å². The number of aromatic hydroxyl groups is 1. The van der Waals surface area contributed by atoms with Crippen LogP contribution >= 0.6 is 0 Å². The summed E-state index contributed by atoms with van der Waals surface area (Å²) in [4.78, 5) is 11.4. The van der Waals surface area contributed by atoms with Gasteiger partial charge in [0.2, 0.25) is 0 Å². The van der Waals surface area contributed by atoms with E-state index in [2.05, 4.69) is 5.32 Å². The number of nitrogens with one attached hydrogen (secondary N) is 2. The first-order valence-electron chi connectivity index (χ1n) is 9.10. The molecule has 4 rings (SSSR count). The van der Waals surface area contributed by atoms with Gasteiger partial charge in [-0.15, -0.1) is 0 Å². The van der Waals surface area contributed by atoms with Crippen LogP contribution in [0.25, 0.3) is 0 Å². The minimum atomic E-state index is -4.21. The van der Waals surface area contributed by atoms with Crippen LogP contribution in [0.1, 0.15) is 31.2 Å². The molecule has 1 saturated heterocycles. The number of amides is 1. The summed E-state index contributed by atoms with van der Waals surface area (Å²) in [7, 11) is -4.21. The average molecular weight is 399 g/mol. The number of carbonyl (C=O) groups is 1. The van der Waals surface area contributed by atoms with E-state index in [9.17, 15) is 22.7 Å². The van der Waals surface area contributed by atoms with Crippen molar-refractivity contribution in [1.82, 2.24) is 10.0 Å². The maximum atomic E-state index is 15.0. The van der Waals surface area contributed by atoms with Gasteiger partial charge in [-0.25, -0.2) is 13.4 Å². The second-order valence-corrected chi connectivity index (χ2v) is 8.92. The van der Waals surface area contributed by atoms with Crippen LogP contribution < -0.4 is 19.1 Å². The number of phenols is 1. The van der Waals surface area contributed by atoms with Gasteiger partial charge in [0.1, 0.15) is 29.8 Å². The van der Waals surface area contributed by atoms with Crippen molar-refractivity contribution < 1.29 is 27.4 Å². The molecule has 148 valence electrons. The predicted octanol–water partition coefficient (Wildman–Crippen LogP) is 0.796. The molecule has 3 aliphatic rings. The first kappa shape index (κ1) is 18.3. The van der Waals surface area contributed by atoms with Gasteiger partial charge in [-0.05, 0) is 25.3 Å². The van der Waals surface area contributed by atoms with Gasteiger partial charge in [0.25, 0.3) is 5.91 Å². The standard InChI is InChI=1S/C17H22FN3O5S/c18-16-12-5-11(8-19-7-10-3-1-2-4-10)26-14(12)6-13(22)17(16)21-9-15(23)20-27(21,24)25/h6,10-11,19,22H,1-5,7-9H2,(H,20,23)/t11-/m1/s1. The van der Waals surface area contributed by atoms with E-state index in [0.717, 1.165) is 6.54 Å². The van der Waals surface area contributed by atoms with Crippen molar-refractivity contribution in [1.29, 1.82) is 0 Å². The van der Waals surface area contributed by atoms with Gasteiger partial charge in [-0.3, -0.25) is 4.79 Å². The number of fused-ring (bicyclic) bond motifs is 1. The molecule has 1 saturated carbocycles. The molecule has 2 aliphatic heterocycles. The fourth-order valence-electron chi connectivity index (χ4n) is 4.05. The summed E-state index contributed by atoms with van der Waals surface area (Å²) in [5, 5.41) is 13.5. The molecular weight excluding hydrogens is 377 g/mol. The van der Waals surface area contributed by atoms with Crippen LogP contribution in [-0.2, 0) is 21.4 Å². The third kappa shape index (κ3) is 3.43. The number of nitrogens with zero attached hydrogens (tertiary/aromatic N) is 1. The number of benzene rings is 1. The molecule has 0 aromatic heterocycles. The number of phenolic OH excluding ortho intramolecular Hbond substituents is 1. The fraction of sp³-hybridized carbons (Fsp3) is 0.588. The SMILES string of the molecule is O=C1CN(c2c(O)cc3c(c2F)C[C@H](CNCC2CCCC2)O3)S(=O)(=O)N1. The molecule has 1 atom stereocenters. The lowest BCUT2D eigenvalue weighted by Crippen LogP contribution is -2.33. The van der Waals surface area contributed by atoms with Crippen LogP contribution in [0.5, 0.6) is 11.5 Å². The molecule has 0 spiro atoms. The Hall–Kier alpha value is -2.07. The first-order valence-corrected chi connectivity index (χ1v) is 10.5. The summed E-state index contributed by atoms with van der Waals surface area (Å²) < 4.78 is 47.0. The summed E-state index contributed by atoms with van der Waals surface area (Å²) in [6, 6.07) is 1.21. The molecule has 1 aromatic carbocycles. The highest BCUT2D eigenvalue weighted by Gasteiger charge is 2.40. The number of rotatable bonds is 5. The van der Waals surface area contributed by atoms with Gasteiger partial charge in [0.05, 0.1) is 0 Å². The Balaban J connectivity index is 1.49. The van der Waals surface area contributed by atoms with Crippen molar-refractivity contribution in [2.45, 2.75) is 38.2 Å². The lowest BCUT2D eigenvalue weighted by molar-refractivity contribution is -0.117. The molecule has 0 bridgehead atoms. The zero-order chi connectivity index (χ0) is 19.2. The Kier molecular flexibility index (Phi) is 4.63. The lowest BCUT2D eigenvalue weighted by Gasteiger charge is -2.18. The van der Waals surface area contributed by atoms with Gasteiger partial charge in [0.15, 0.2) is 5.82 Å². The van der Waals surface area contributed by atoms with Crippen LogP contribution in [0, 0.1) is 11.7 Å². The minimum Gasteiger partial charge on any atom is -0.505 e. The quantitative estimate of drug-likeness (QED) is 0.676. The second kappa shape index (κ2) is 6.83. The third-order valence-corrected chi connectivity index (χ3v) is 6.73. The summed E-state index contributed by atoms with van der Waals surface area (Å²) in [5.41, 5.74) is -0.305. The molecular formula is C17H22FN3O5S. The van der Waals surface area contributed by atoms with Crippen molar-refractivity contribution in [2.75, 3.05) is 23.9 Å². The van der Waals surface area contributed by atoms with E-state index in [0.29, 0.717) is 16.8 Å². The highest BCUT2D eigenvalue weighted by molar-refractivity contribution is 7.92. The summed E-state index contributed by atoms with van der Waals surface area (Å²) in [5.74, 6) is -1.35. The zero-order valence-corrected chi connectivity index (χ0v) is 15.5. The second-order valence-electron chi connectivity index (χ2n) is 7.32. The average Bonchev–Trinajstić information content (AvgIpc) is 3.28. The van der Waals surface area contributed by atoms with Crippen LogP contribution in [-0.4, -0.2) is 45.2 Å². The van der Waals surface area contributed by atoms with Crippen molar-refractivity contribution in [3.05, 3.63) is 17.4 Å². The largest absolute Gasteiger partial charge is 0.505 e. The van der Waals surface area contributed by atoms with Crippen molar-refractivity contribution in [3.63, 3.8) is 0 Å². The molecule has 2 heterocycles. The Morgan fingerprint density at radius 1 is 1.33 bits per heavy atom. The number of anilines is 1. The topological polar surface area (TPSA) is 108 Å².